The Morgan fingerprint density at radius 2 is 2.25 bits per heavy atom. The van der Waals surface area contributed by atoms with E-state index in [2.05, 4.69) is 31.9 Å². The number of carbonyl (C=O) groups is 1. The standard InChI is InChI=1S/C11H11Br2FO2/c1-2-16-11(15)10(13)6-7-5-8(14)3-4-9(7)12/h3-5,10H,2,6H2,1H3. The van der Waals surface area contributed by atoms with Crippen molar-refractivity contribution in [2.75, 3.05) is 6.61 Å². The molecule has 0 aliphatic carbocycles. The molecule has 16 heavy (non-hydrogen) atoms. The smallest absolute Gasteiger partial charge is 0.320 e. The van der Waals surface area contributed by atoms with Crippen molar-refractivity contribution in [1.29, 1.82) is 0 Å². The first kappa shape index (κ1) is 13.6. The topological polar surface area (TPSA) is 26.3 Å². The molecule has 88 valence electrons. The third kappa shape index (κ3) is 3.87. The molecule has 1 rings (SSSR count). The van der Waals surface area contributed by atoms with Gasteiger partial charge in [0, 0.05) is 4.47 Å². The predicted octanol–water partition coefficient (Wildman–Crippen LogP) is 3.46. The quantitative estimate of drug-likeness (QED) is 0.612. The van der Waals surface area contributed by atoms with Gasteiger partial charge in [0.2, 0.25) is 0 Å². The number of benzene rings is 1. The average Bonchev–Trinajstić information content (AvgIpc) is 2.23. The van der Waals surface area contributed by atoms with E-state index in [0.29, 0.717) is 13.0 Å². The third-order valence-electron chi connectivity index (χ3n) is 1.95. The van der Waals surface area contributed by atoms with Crippen LogP contribution in [0.2, 0.25) is 0 Å². The molecule has 0 N–H and O–H groups in total. The van der Waals surface area contributed by atoms with Crippen LogP contribution in [0.15, 0.2) is 22.7 Å². The molecule has 1 aromatic carbocycles. The molecule has 5 heteroatoms. The lowest BCUT2D eigenvalue weighted by Crippen LogP contribution is -2.19. The number of esters is 1. The lowest BCUT2D eigenvalue weighted by Gasteiger charge is -2.10. The maximum atomic E-state index is 13.0. The highest BCUT2D eigenvalue weighted by atomic mass is 79.9. The van der Waals surface area contributed by atoms with E-state index in [9.17, 15) is 9.18 Å². The summed E-state index contributed by atoms with van der Waals surface area (Å²) >= 11 is 6.53. The molecule has 0 saturated carbocycles. The van der Waals surface area contributed by atoms with Gasteiger partial charge in [0.25, 0.3) is 0 Å². The van der Waals surface area contributed by atoms with Crippen LogP contribution in [0.1, 0.15) is 12.5 Å². The summed E-state index contributed by atoms with van der Waals surface area (Å²) in [5.74, 6) is -0.652. The van der Waals surface area contributed by atoms with Crippen LogP contribution < -0.4 is 0 Å². The van der Waals surface area contributed by atoms with Crippen LogP contribution >= 0.6 is 31.9 Å². The minimum absolute atomic E-state index is 0.318. The van der Waals surface area contributed by atoms with Crippen molar-refractivity contribution in [2.45, 2.75) is 18.2 Å². The Morgan fingerprint density at radius 1 is 1.56 bits per heavy atom. The van der Waals surface area contributed by atoms with Gasteiger partial charge in [-0.25, -0.2) is 4.39 Å². The van der Waals surface area contributed by atoms with Gasteiger partial charge in [-0.05, 0) is 37.1 Å². The van der Waals surface area contributed by atoms with E-state index in [-0.39, 0.29) is 11.8 Å². The first-order valence-corrected chi connectivity index (χ1v) is 6.50. The van der Waals surface area contributed by atoms with Crippen LogP contribution in [0, 0.1) is 5.82 Å². The molecule has 0 aromatic heterocycles. The van der Waals surface area contributed by atoms with Crippen molar-refractivity contribution in [3.63, 3.8) is 0 Å². The molecule has 0 aliphatic rings. The van der Waals surface area contributed by atoms with Crippen LogP contribution in [0.25, 0.3) is 0 Å². The van der Waals surface area contributed by atoms with Gasteiger partial charge in [-0.3, -0.25) is 4.79 Å². The molecule has 1 atom stereocenters. The van der Waals surface area contributed by atoms with E-state index < -0.39 is 4.83 Å². The highest BCUT2D eigenvalue weighted by Crippen LogP contribution is 2.21. The molecule has 0 spiro atoms. The lowest BCUT2D eigenvalue weighted by atomic mass is 10.1. The second-order valence-corrected chi connectivity index (χ2v) is 5.12. The average molecular weight is 354 g/mol. The number of alkyl halides is 1. The van der Waals surface area contributed by atoms with Gasteiger partial charge in [-0.1, -0.05) is 31.9 Å². The van der Waals surface area contributed by atoms with E-state index in [1.807, 2.05) is 0 Å². The zero-order valence-corrected chi connectivity index (χ0v) is 11.8. The maximum Gasteiger partial charge on any atom is 0.320 e. The van der Waals surface area contributed by atoms with Crippen LogP contribution in [0.4, 0.5) is 4.39 Å². The van der Waals surface area contributed by atoms with Crippen LogP contribution in [0.5, 0.6) is 0 Å². The zero-order chi connectivity index (χ0) is 12.1. The number of halogens is 3. The fourth-order valence-corrected chi connectivity index (χ4v) is 2.10. The fraction of sp³-hybridized carbons (Fsp3) is 0.364. The highest BCUT2D eigenvalue weighted by Gasteiger charge is 2.18. The van der Waals surface area contributed by atoms with Gasteiger partial charge in [0.05, 0.1) is 6.61 Å². The minimum atomic E-state index is -0.453. The summed E-state index contributed by atoms with van der Waals surface area (Å²) in [6.45, 7) is 2.08. The van der Waals surface area contributed by atoms with Gasteiger partial charge < -0.3 is 4.74 Å². The SMILES string of the molecule is CCOC(=O)C(Br)Cc1cc(F)ccc1Br. The molecule has 0 saturated heterocycles. The van der Waals surface area contributed by atoms with E-state index in [0.717, 1.165) is 10.0 Å². The summed E-state index contributed by atoms with van der Waals surface area (Å²) in [5.41, 5.74) is 0.731. The van der Waals surface area contributed by atoms with E-state index in [1.54, 1.807) is 13.0 Å². The van der Waals surface area contributed by atoms with Crippen LogP contribution in [0.3, 0.4) is 0 Å². The number of ether oxygens (including phenoxy) is 1. The number of rotatable bonds is 4. The van der Waals surface area contributed by atoms with Crippen LogP contribution in [-0.4, -0.2) is 17.4 Å². The molecule has 0 radical (unpaired) electrons. The molecule has 0 aliphatic heterocycles. The summed E-state index contributed by atoms with van der Waals surface area (Å²) in [5, 5.41) is 0. The Balaban J connectivity index is 2.72. The monoisotopic (exact) mass is 352 g/mol. The maximum absolute atomic E-state index is 13.0. The van der Waals surface area contributed by atoms with Crippen molar-refractivity contribution in [2.24, 2.45) is 0 Å². The number of carbonyl (C=O) groups excluding carboxylic acids is 1. The Labute approximate surface area is 110 Å². The molecule has 1 aromatic rings. The van der Waals surface area contributed by atoms with Gasteiger partial charge in [0.15, 0.2) is 0 Å². The second kappa shape index (κ2) is 6.35. The number of hydrogen-bond acceptors (Lipinski definition) is 2. The molecule has 0 heterocycles. The zero-order valence-electron chi connectivity index (χ0n) is 8.67. The molecule has 2 nitrogen and oxygen atoms in total. The van der Waals surface area contributed by atoms with Gasteiger partial charge in [-0.15, -0.1) is 0 Å². The largest absolute Gasteiger partial charge is 0.465 e. The molecule has 0 amide bonds. The summed E-state index contributed by atoms with van der Waals surface area (Å²) in [6, 6.07) is 4.38. The van der Waals surface area contributed by atoms with Gasteiger partial charge in [0.1, 0.15) is 10.6 Å². The van der Waals surface area contributed by atoms with E-state index in [1.165, 1.54) is 12.1 Å². The highest BCUT2D eigenvalue weighted by molar-refractivity contribution is 9.10. The van der Waals surface area contributed by atoms with Crippen molar-refractivity contribution < 1.29 is 13.9 Å². The first-order valence-electron chi connectivity index (χ1n) is 4.79. The lowest BCUT2D eigenvalue weighted by molar-refractivity contribution is -0.142. The summed E-state index contributed by atoms with van der Waals surface area (Å²) in [7, 11) is 0. The van der Waals surface area contributed by atoms with Gasteiger partial charge >= 0.3 is 5.97 Å². The Kier molecular flexibility index (Phi) is 5.41. The van der Waals surface area contributed by atoms with Crippen molar-refractivity contribution >= 4 is 37.8 Å². The minimum Gasteiger partial charge on any atom is -0.465 e. The van der Waals surface area contributed by atoms with E-state index in [4.69, 9.17) is 4.74 Å². The first-order chi connectivity index (χ1) is 7.54. The molecule has 0 bridgehead atoms. The normalized spacial score (nSPS) is 12.2. The number of hydrogen-bond donors (Lipinski definition) is 0. The Bertz CT molecular complexity index is 382. The van der Waals surface area contributed by atoms with Crippen molar-refractivity contribution in [1.82, 2.24) is 0 Å². The predicted molar refractivity (Wildman–Crippen MR) is 67.2 cm³/mol. The Hall–Kier alpha value is -0.420. The summed E-state index contributed by atoms with van der Waals surface area (Å²) < 4.78 is 18.6. The van der Waals surface area contributed by atoms with Gasteiger partial charge in [-0.2, -0.15) is 0 Å². The Morgan fingerprint density at radius 3 is 2.88 bits per heavy atom. The summed E-state index contributed by atoms with van der Waals surface area (Å²) in [6.07, 6.45) is 0.386. The molecule has 0 fully saturated rings. The second-order valence-electron chi connectivity index (χ2n) is 3.16. The van der Waals surface area contributed by atoms with Crippen LogP contribution in [-0.2, 0) is 16.0 Å². The molecular weight excluding hydrogens is 343 g/mol. The third-order valence-corrected chi connectivity index (χ3v) is 3.42. The van der Waals surface area contributed by atoms with Crippen molar-refractivity contribution in [3.05, 3.63) is 34.1 Å². The summed E-state index contributed by atoms with van der Waals surface area (Å²) in [4.78, 5) is 10.9. The molecular formula is C11H11Br2FO2. The van der Waals surface area contributed by atoms with Crippen molar-refractivity contribution in [3.8, 4) is 0 Å². The van der Waals surface area contributed by atoms with E-state index >= 15 is 0 Å². The molecule has 1 unspecified atom stereocenters. The fourth-order valence-electron chi connectivity index (χ4n) is 1.21.